The van der Waals surface area contributed by atoms with E-state index in [9.17, 15) is 4.79 Å². The molecule has 0 aliphatic heterocycles. The van der Waals surface area contributed by atoms with E-state index in [0.717, 1.165) is 10.8 Å². The third-order valence-electron chi connectivity index (χ3n) is 1.92. The maximum absolute atomic E-state index is 10.2. The fourth-order valence-electron chi connectivity index (χ4n) is 1.35. The third kappa shape index (κ3) is 2.15. The molecule has 0 aliphatic carbocycles. The van der Waals surface area contributed by atoms with E-state index in [0.29, 0.717) is 12.2 Å². The second-order valence-corrected chi connectivity index (χ2v) is 2.69. The molecule has 0 aliphatic rings. The molecule has 0 spiro atoms. The van der Waals surface area contributed by atoms with Crippen molar-refractivity contribution in [2.45, 2.75) is 0 Å². The van der Waals surface area contributed by atoms with Gasteiger partial charge in [-0.1, -0.05) is 36.4 Å². The summed E-state index contributed by atoms with van der Waals surface area (Å²) in [6.45, 7) is 0.446. The first-order chi connectivity index (χ1) is 6.42. The van der Waals surface area contributed by atoms with E-state index in [1.807, 2.05) is 36.4 Å². The first-order valence-electron chi connectivity index (χ1n) is 4.00. The predicted molar refractivity (Wildman–Crippen MR) is 57.8 cm³/mol. The molecule has 0 radical (unpaired) electrons. The molecule has 14 heavy (non-hydrogen) atoms. The van der Waals surface area contributed by atoms with E-state index >= 15 is 0 Å². The summed E-state index contributed by atoms with van der Waals surface area (Å²) in [6.07, 6.45) is 0. The average molecular weight is 196 g/mol. The Bertz CT molecular complexity index is 435. The van der Waals surface area contributed by atoms with Crippen LogP contribution in [0.1, 0.15) is 0 Å². The predicted octanol–water partition coefficient (Wildman–Crippen LogP) is 1.73. The number of benzene rings is 2. The molecule has 0 aromatic heterocycles. The SMILES string of the molecule is O=COc1cccc2ccccc12.[NaH]. The quantitative estimate of drug-likeness (QED) is 0.540. The number of fused-ring (bicyclic) bond motifs is 1. The summed E-state index contributed by atoms with van der Waals surface area (Å²) in [4.78, 5) is 10.2. The van der Waals surface area contributed by atoms with E-state index in [1.165, 1.54) is 0 Å². The molecule has 0 bridgehead atoms. The molecule has 0 saturated heterocycles. The molecule has 0 fully saturated rings. The van der Waals surface area contributed by atoms with Crippen LogP contribution in [0.4, 0.5) is 0 Å². The van der Waals surface area contributed by atoms with Crippen LogP contribution in [0, 0.1) is 0 Å². The number of ether oxygens (including phenoxy) is 1. The summed E-state index contributed by atoms with van der Waals surface area (Å²) in [5.74, 6) is 0.605. The molecule has 0 amide bonds. The molecule has 0 heterocycles. The maximum atomic E-state index is 10.2. The van der Waals surface area contributed by atoms with Crippen molar-refractivity contribution in [3.05, 3.63) is 42.5 Å². The molecule has 0 unspecified atom stereocenters. The zero-order chi connectivity index (χ0) is 9.10. The Morgan fingerprint density at radius 2 is 1.71 bits per heavy atom. The molecule has 0 saturated carbocycles. The van der Waals surface area contributed by atoms with Crippen molar-refractivity contribution in [2.75, 3.05) is 0 Å². The Morgan fingerprint density at radius 1 is 1.00 bits per heavy atom. The van der Waals surface area contributed by atoms with Gasteiger partial charge in [-0.15, -0.1) is 0 Å². The van der Waals surface area contributed by atoms with Crippen LogP contribution in [-0.4, -0.2) is 36.0 Å². The molecule has 2 nitrogen and oxygen atoms in total. The van der Waals surface area contributed by atoms with E-state index in [-0.39, 0.29) is 29.6 Å². The first kappa shape index (κ1) is 11.2. The van der Waals surface area contributed by atoms with Gasteiger partial charge in [-0.2, -0.15) is 0 Å². The van der Waals surface area contributed by atoms with Gasteiger partial charge in [0.25, 0.3) is 6.47 Å². The van der Waals surface area contributed by atoms with Crippen molar-refractivity contribution >= 4 is 46.8 Å². The van der Waals surface area contributed by atoms with Crippen molar-refractivity contribution in [3.8, 4) is 5.75 Å². The summed E-state index contributed by atoms with van der Waals surface area (Å²) in [7, 11) is 0. The van der Waals surface area contributed by atoms with Crippen LogP contribution in [0.15, 0.2) is 42.5 Å². The normalized spacial score (nSPS) is 9.14. The standard InChI is InChI=1S/C11H8O2.Na.H/c12-8-13-11-7-3-5-9-4-1-2-6-10(9)11;;/h1-8H;;. The van der Waals surface area contributed by atoms with Crippen LogP contribution in [0.3, 0.4) is 0 Å². The zero-order valence-electron chi connectivity index (χ0n) is 6.94. The van der Waals surface area contributed by atoms with Gasteiger partial charge < -0.3 is 4.74 Å². The minimum absolute atomic E-state index is 0. The number of rotatable bonds is 2. The van der Waals surface area contributed by atoms with Crippen molar-refractivity contribution in [2.24, 2.45) is 0 Å². The fraction of sp³-hybridized carbons (Fsp3) is 0. The number of carbonyl (C=O) groups excluding carboxylic acids is 1. The molecule has 0 N–H and O–H groups in total. The molecule has 2 aromatic rings. The van der Waals surface area contributed by atoms with Crippen LogP contribution in [0.5, 0.6) is 5.75 Å². The van der Waals surface area contributed by atoms with Crippen molar-refractivity contribution in [1.29, 1.82) is 0 Å². The van der Waals surface area contributed by atoms with Crippen molar-refractivity contribution in [3.63, 3.8) is 0 Å². The van der Waals surface area contributed by atoms with E-state index < -0.39 is 0 Å². The second-order valence-electron chi connectivity index (χ2n) is 2.69. The van der Waals surface area contributed by atoms with Gasteiger partial charge in [0.05, 0.1) is 0 Å². The molecular weight excluding hydrogens is 187 g/mol. The Balaban J connectivity index is 0.000000980. The Hall–Kier alpha value is -0.830. The van der Waals surface area contributed by atoms with Gasteiger partial charge >= 0.3 is 29.6 Å². The van der Waals surface area contributed by atoms with Crippen molar-refractivity contribution in [1.82, 2.24) is 0 Å². The van der Waals surface area contributed by atoms with E-state index in [1.54, 1.807) is 6.07 Å². The van der Waals surface area contributed by atoms with Crippen LogP contribution in [-0.2, 0) is 4.79 Å². The van der Waals surface area contributed by atoms with Gasteiger partial charge in [0.15, 0.2) is 0 Å². The Morgan fingerprint density at radius 3 is 2.50 bits per heavy atom. The monoisotopic (exact) mass is 196 g/mol. The van der Waals surface area contributed by atoms with E-state index in [2.05, 4.69) is 0 Å². The van der Waals surface area contributed by atoms with Gasteiger partial charge in [-0.05, 0) is 11.5 Å². The first-order valence-corrected chi connectivity index (χ1v) is 4.00. The van der Waals surface area contributed by atoms with Gasteiger partial charge in [0, 0.05) is 5.39 Å². The van der Waals surface area contributed by atoms with Crippen LogP contribution >= 0.6 is 0 Å². The Labute approximate surface area is 104 Å². The molecular formula is C11H9NaO2. The summed E-state index contributed by atoms with van der Waals surface area (Å²) in [5, 5.41) is 2.03. The van der Waals surface area contributed by atoms with Crippen LogP contribution in [0.25, 0.3) is 10.8 Å². The number of carbonyl (C=O) groups is 1. The molecule has 2 rings (SSSR count). The molecule has 3 heteroatoms. The molecule has 0 atom stereocenters. The molecule has 2 aromatic carbocycles. The number of hydrogen-bond donors (Lipinski definition) is 0. The van der Waals surface area contributed by atoms with Gasteiger partial charge in [-0.25, -0.2) is 0 Å². The van der Waals surface area contributed by atoms with Crippen LogP contribution in [0.2, 0.25) is 0 Å². The third-order valence-corrected chi connectivity index (χ3v) is 1.92. The fourth-order valence-corrected chi connectivity index (χ4v) is 1.35. The zero-order valence-corrected chi connectivity index (χ0v) is 6.94. The average Bonchev–Trinajstić information content (AvgIpc) is 2.19. The second kappa shape index (κ2) is 5.15. The topological polar surface area (TPSA) is 26.3 Å². The summed E-state index contributed by atoms with van der Waals surface area (Å²) >= 11 is 0. The number of hydrogen-bond acceptors (Lipinski definition) is 2. The minimum atomic E-state index is 0. The molecule has 66 valence electrons. The van der Waals surface area contributed by atoms with Gasteiger partial charge in [-0.3, -0.25) is 4.79 Å². The summed E-state index contributed by atoms with van der Waals surface area (Å²) < 4.78 is 4.84. The summed E-state index contributed by atoms with van der Waals surface area (Å²) in [6, 6.07) is 13.4. The summed E-state index contributed by atoms with van der Waals surface area (Å²) in [5.41, 5.74) is 0. The van der Waals surface area contributed by atoms with Crippen LogP contribution < -0.4 is 4.74 Å². The van der Waals surface area contributed by atoms with Gasteiger partial charge in [0.2, 0.25) is 0 Å². The van der Waals surface area contributed by atoms with E-state index in [4.69, 9.17) is 4.74 Å². The van der Waals surface area contributed by atoms with Gasteiger partial charge in [0.1, 0.15) is 5.75 Å². The Kier molecular flexibility index (Phi) is 4.14. The van der Waals surface area contributed by atoms with Crippen molar-refractivity contribution < 1.29 is 9.53 Å².